The molecule has 1 amide bonds. The fourth-order valence-electron chi connectivity index (χ4n) is 3.29. The molecule has 3 rings (SSSR count). The average molecular weight is 346 g/mol. The van der Waals surface area contributed by atoms with E-state index in [0.717, 1.165) is 30.1 Å². The number of rotatable bonds is 5. The van der Waals surface area contributed by atoms with Crippen molar-refractivity contribution in [2.75, 3.05) is 20.4 Å². The highest BCUT2D eigenvalue weighted by Crippen LogP contribution is 2.32. The van der Waals surface area contributed by atoms with Crippen LogP contribution in [-0.2, 0) is 9.63 Å². The van der Waals surface area contributed by atoms with Crippen molar-refractivity contribution in [2.45, 2.75) is 45.6 Å². The monoisotopic (exact) mass is 346 g/mol. The molecule has 1 heterocycles. The zero-order valence-corrected chi connectivity index (χ0v) is 15.2. The van der Waals surface area contributed by atoms with Crippen LogP contribution in [0.2, 0.25) is 0 Å². The maximum absolute atomic E-state index is 12.3. The number of fused-ring (bicyclic) bond motifs is 1. The number of amides is 1. The SMILES string of the molecule is CC(=NOCC(=O)N(C)C1CCC(C)CC1)c1ccc2c(c1)OCO2. The Hall–Kier alpha value is -2.24. The summed E-state index contributed by atoms with van der Waals surface area (Å²) in [6, 6.07) is 5.93. The zero-order valence-electron chi connectivity index (χ0n) is 15.2. The van der Waals surface area contributed by atoms with E-state index in [0.29, 0.717) is 17.5 Å². The van der Waals surface area contributed by atoms with Crippen molar-refractivity contribution in [2.24, 2.45) is 11.1 Å². The number of nitrogens with zero attached hydrogens (tertiary/aromatic N) is 2. The van der Waals surface area contributed by atoms with Crippen LogP contribution < -0.4 is 9.47 Å². The number of oxime groups is 1. The van der Waals surface area contributed by atoms with Gasteiger partial charge in [-0.1, -0.05) is 12.1 Å². The lowest BCUT2D eigenvalue weighted by Crippen LogP contribution is -2.40. The van der Waals surface area contributed by atoms with Gasteiger partial charge in [0.25, 0.3) is 5.91 Å². The molecule has 1 aliphatic heterocycles. The van der Waals surface area contributed by atoms with Gasteiger partial charge in [-0.05, 0) is 56.7 Å². The van der Waals surface area contributed by atoms with Crippen molar-refractivity contribution < 1.29 is 19.1 Å². The summed E-state index contributed by atoms with van der Waals surface area (Å²) in [4.78, 5) is 19.4. The second-order valence-electron chi connectivity index (χ2n) is 6.94. The van der Waals surface area contributed by atoms with Crippen LogP contribution in [0, 0.1) is 5.92 Å². The van der Waals surface area contributed by atoms with Gasteiger partial charge in [-0.15, -0.1) is 0 Å². The molecule has 1 saturated carbocycles. The Morgan fingerprint density at radius 2 is 1.96 bits per heavy atom. The molecule has 0 aromatic heterocycles. The predicted octanol–water partition coefficient (Wildman–Crippen LogP) is 3.19. The van der Waals surface area contributed by atoms with Crippen LogP contribution in [0.5, 0.6) is 11.5 Å². The average Bonchev–Trinajstić information content (AvgIpc) is 3.09. The van der Waals surface area contributed by atoms with Crippen molar-refractivity contribution in [3.63, 3.8) is 0 Å². The van der Waals surface area contributed by atoms with Crippen LogP contribution in [0.1, 0.15) is 45.1 Å². The zero-order chi connectivity index (χ0) is 17.8. The lowest BCUT2D eigenvalue weighted by atomic mass is 9.87. The van der Waals surface area contributed by atoms with Crippen LogP contribution in [0.25, 0.3) is 0 Å². The molecule has 0 saturated heterocycles. The molecule has 6 nitrogen and oxygen atoms in total. The van der Waals surface area contributed by atoms with Gasteiger partial charge >= 0.3 is 0 Å². The van der Waals surface area contributed by atoms with E-state index < -0.39 is 0 Å². The van der Waals surface area contributed by atoms with Gasteiger partial charge in [0.05, 0.1) is 5.71 Å². The lowest BCUT2D eigenvalue weighted by molar-refractivity contribution is -0.137. The Balaban J connectivity index is 1.50. The van der Waals surface area contributed by atoms with Crippen molar-refractivity contribution in [1.29, 1.82) is 0 Å². The first-order valence-electron chi connectivity index (χ1n) is 8.87. The molecule has 1 aromatic carbocycles. The minimum absolute atomic E-state index is 0.0261. The van der Waals surface area contributed by atoms with Crippen molar-refractivity contribution >= 4 is 11.6 Å². The number of hydrogen-bond donors (Lipinski definition) is 0. The maximum Gasteiger partial charge on any atom is 0.263 e. The van der Waals surface area contributed by atoms with Crippen LogP contribution in [0.15, 0.2) is 23.4 Å². The number of likely N-dealkylation sites (N-methyl/N-ethyl adjacent to an activating group) is 1. The van der Waals surface area contributed by atoms with Gasteiger partial charge in [0.2, 0.25) is 6.79 Å². The number of carbonyl (C=O) groups is 1. The number of carbonyl (C=O) groups excluding carboxylic acids is 1. The molecule has 0 radical (unpaired) electrons. The Kier molecular flexibility index (Phi) is 5.46. The summed E-state index contributed by atoms with van der Waals surface area (Å²) in [5.74, 6) is 2.18. The van der Waals surface area contributed by atoms with Crippen LogP contribution in [-0.4, -0.2) is 43.0 Å². The molecule has 25 heavy (non-hydrogen) atoms. The fourth-order valence-corrected chi connectivity index (χ4v) is 3.29. The molecular weight excluding hydrogens is 320 g/mol. The fraction of sp³-hybridized carbons (Fsp3) is 0.579. The third kappa shape index (κ3) is 4.24. The van der Waals surface area contributed by atoms with E-state index in [4.69, 9.17) is 14.3 Å². The van der Waals surface area contributed by atoms with Gasteiger partial charge in [-0.3, -0.25) is 4.79 Å². The molecule has 2 aliphatic rings. The van der Waals surface area contributed by atoms with Gasteiger partial charge in [-0.2, -0.15) is 0 Å². The lowest BCUT2D eigenvalue weighted by Gasteiger charge is -2.33. The first-order chi connectivity index (χ1) is 12.0. The summed E-state index contributed by atoms with van der Waals surface area (Å²) < 4.78 is 10.7. The molecule has 6 heteroatoms. The summed E-state index contributed by atoms with van der Waals surface area (Å²) in [6.45, 7) is 4.32. The van der Waals surface area contributed by atoms with Gasteiger partial charge in [0.1, 0.15) is 0 Å². The highest BCUT2D eigenvalue weighted by Gasteiger charge is 2.25. The summed E-state index contributed by atoms with van der Waals surface area (Å²) >= 11 is 0. The smallest absolute Gasteiger partial charge is 0.263 e. The van der Waals surface area contributed by atoms with Gasteiger partial charge in [0.15, 0.2) is 18.1 Å². The first-order valence-corrected chi connectivity index (χ1v) is 8.87. The van der Waals surface area contributed by atoms with Crippen molar-refractivity contribution in [1.82, 2.24) is 4.90 Å². The van der Waals surface area contributed by atoms with Gasteiger partial charge in [-0.25, -0.2) is 0 Å². The number of ether oxygens (including phenoxy) is 2. The molecule has 136 valence electrons. The van der Waals surface area contributed by atoms with E-state index in [9.17, 15) is 4.79 Å². The summed E-state index contributed by atoms with van der Waals surface area (Å²) in [5.41, 5.74) is 1.58. The molecule has 0 atom stereocenters. The van der Waals surface area contributed by atoms with Gasteiger partial charge < -0.3 is 19.2 Å². The van der Waals surface area contributed by atoms with E-state index in [2.05, 4.69) is 12.1 Å². The van der Waals surface area contributed by atoms with E-state index in [1.807, 2.05) is 37.1 Å². The van der Waals surface area contributed by atoms with Crippen LogP contribution in [0.3, 0.4) is 0 Å². The molecule has 0 unspecified atom stereocenters. The second kappa shape index (κ2) is 7.76. The molecular formula is C19H26N2O4. The van der Waals surface area contributed by atoms with E-state index in [1.54, 1.807) is 0 Å². The standard InChI is InChI=1S/C19H26N2O4/c1-13-4-7-16(8-5-13)21(3)19(22)11-25-20-14(2)15-6-9-17-18(10-15)24-12-23-17/h6,9-10,13,16H,4-5,7-8,11-12H2,1-3H3. The number of benzene rings is 1. The summed E-state index contributed by atoms with van der Waals surface area (Å²) in [7, 11) is 1.86. The Morgan fingerprint density at radius 3 is 2.72 bits per heavy atom. The van der Waals surface area contributed by atoms with E-state index in [1.165, 1.54) is 12.8 Å². The van der Waals surface area contributed by atoms with Crippen molar-refractivity contribution in [3.05, 3.63) is 23.8 Å². The normalized spacial score (nSPS) is 22.6. The minimum Gasteiger partial charge on any atom is -0.454 e. The quantitative estimate of drug-likeness (QED) is 0.607. The van der Waals surface area contributed by atoms with Gasteiger partial charge in [0, 0.05) is 18.7 Å². The third-order valence-corrected chi connectivity index (χ3v) is 5.11. The Morgan fingerprint density at radius 1 is 1.24 bits per heavy atom. The van der Waals surface area contributed by atoms with E-state index >= 15 is 0 Å². The molecule has 0 bridgehead atoms. The summed E-state index contributed by atoms with van der Waals surface area (Å²) in [6.07, 6.45) is 4.51. The van der Waals surface area contributed by atoms with Crippen LogP contribution >= 0.6 is 0 Å². The first kappa shape index (κ1) is 17.6. The minimum atomic E-state index is -0.0373. The molecule has 1 fully saturated rings. The third-order valence-electron chi connectivity index (χ3n) is 5.11. The molecule has 1 aliphatic carbocycles. The Labute approximate surface area is 148 Å². The largest absolute Gasteiger partial charge is 0.454 e. The highest BCUT2D eigenvalue weighted by molar-refractivity contribution is 5.99. The molecule has 0 spiro atoms. The topological polar surface area (TPSA) is 60.4 Å². The highest BCUT2D eigenvalue weighted by atomic mass is 16.7. The second-order valence-corrected chi connectivity index (χ2v) is 6.94. The van der Waals surface area contributed by atoms with E-state index in [-0.39, 0.29) is 19.3 Å². The summed E-state index contributed by atoms with van der Waals surface area (Å²) in [5, 5.41) is 4.07. The molecule has 0 N–H and O–H groups in total. The number of hydrogen-bond acceptors (Lipinski definition) is 5. The Bertz CT molecular complexity index is 651. The predicted molar refractivity (Wildman–Crippen MR) is 94.9 cm³/mol. The maximum atomic E-state index is 12.3. The van der Waals surface area contributed by atoms with Crippen molar-refractivity contribution in [3.8, 4) is 11.5 Å². The molecule has 1 aromatic rings. The van der Waals surface area contributed by atoms with Crippen LogP contribution in [0.4, 0.5) is 0 Å².